The fourth-order valence-corrected chi connectivity index (χ4v) is 2.88. The molecule has 0 unspecified atom stereocenters. The average molecular weight is 297 g/mol. The summed E-state index contributed by atoms with van der Waals surface area (Å²) in [5, 5.41) is 9.02. The van der Waals surface area contributed by atoms with E-state index in [1.54, 1.807) is 16.7 Å². The van der Waals surface area contributed by atoms with Gasteiger partial charge in [-0.05, 0) is 38.1 Å². The number of rotatable bonds is 3. The normalized spacial score (nSPS) is 16.7. The number of piperidine rings is 1. The maximum atomic E-state index is 12.2. The summed E-state index contributed by atoms with van der Waals surface area (Å²) >= 11 is 0. The smallest absolute Gasteiger partial charge is 0.251 e. The van der Waals surface area contributed by atoms with Gasteiger partial charge in [0.25, 0.3) is 5.56 Å². The van der Waals surface area contributed by atoms with Gasteiger partial charge in [-0.1, -0.05) is 0 Å². The summed E-state index contributed by atoms with van der Waals surface area (Å²) in [7, 11) is 0. The van der Waals surface area contributed by atoms with Crippen molar-refractivity contribution in [3.8, 4) is 6.07 Å². The first-order valence-electron chi connectivity index (χ1n) is 7.55. The van der Waals surface area contributed by atoms with Crippen molar-refractivity contribution < 1.29 is 0 Å². The van der Waals surface area contributed by atoms with Crippen LogP contribution in [0.25, 0.3) is 11.0 Å². The minimum absolute atomic E-state index is 0.0573. The Morgan fingerprint density at radius 2 is 2.09 bits per heavy atom. The number of pyridine rings is 2. The number of hydrogen-bond donors (Lipinski definition) is 1. The molecule has 114 valence electrons. The van der Waals surface area contributed by atoms with Gasteiger partial charge >= 0.3 is 0 Å². The lowest BCUT2D eigenvalue weighted by Gasteiger charge is -2.30. The molecular weight excluding hydrogens is 278 g/mol. The third-order valence-corrected chi connectivity index (χ3v) is 4.24. The van der Waals surface area contributed by atoms with Gasteiger partial charge in [0.15, 0.2) is 0 Å². The first-order valence-corrected chi connectivity index (χ1v) is 7.55. The van der Waals surface area contributed by atoms with E-state index < -0.39 is 0 Å². The van der Waals surface area contributed by atoms with Crippen molar-refractivity contribution in [1.82, 2.24) is 14.5 Å². The van der Waals surface area contributed by atoms with Gasteiger partial charge in [0.2, 0.25) is 0 Å². The molecule has 1 aliphatic heterocycles. The molecule has 0 bridgehead atoms. The number of nitriles is 1. The van der Waals surface area contributed by atoms with E-state index in [0.717, 1.165) is 43.5 Å². The maximum absolute atomic E-state index is 12.2. The van der Waals surface area contributed by atoms with Crippen LogP contribution in [0, 0.1) is 11.3 Å². The standard InChI is InChI=1S/C16H19N5O/c17-10-12-9-15-14(19-11-12)1-2-16(22)21(15)8-7-20-5-3-13(18)4-6-20/h1-2,9,11,13H,3-8,18H2. The van der Waals surface area contributed by atoms with Gasteiger partial charge in [0.1, 0.15) is 6.07 Å². The Hall–Kier alpha value is -2.23. The molecule has 2 N–H and O–H groups in total. The molecule has 3 rings (SSSR count). The lowest BCUT2D eigenvalue weighted by molar-refractivity contribution is 0.206. The van der Waals surface area contributed by atoms with Crippen LogP contribution >= 0.6 is 0 Å². The Kier molecular flexibility index (Phi) is 4.18. The number of nitrogens with zero attached hydrogens (tertiary/aromatic N) is 4. The second-order valence-electron chi connectivity index (χ2n) is 5.74. The Morgan fingerprint density at radius 3 is 2.82 bits per heavy atom. The SMILES string of the molecule is N#Cc1cnc2ccc(=O)n(CCN3CCC(N)CC3)c2c1. The fourth-order valence-electron chi connectivity index (χ4n) is 2.88. The van der Waals surface area contributed by atoms with Crippen molar-refractivity contribution in [1.29, 1.82) is 5.26 Å². The van der Waals surface area contributed by atoms with Gasteiger partial charge in [-0.3, -0.25) is 9.78 Å². The molecule has 0 aromatic carbocycles. The summed E-state index contributed by atoms with van der Waals surface area (Å²) in [4.78, 5) is 18.7. The molecule has 0 radical (unpaired) electrons. The highest BCUT2D eigenvalue weighted by Gasteiger charge is 2.16. The van der Waals surface area contributed by atoms with Crippen LogP contribution in [0.1, 0.15) is 18.4 Å². The first-order chi connectivity index (χ1) is 10.7. The predicted octanol–water partition coefficient (Wildman–Crippen LogP) is 0.691. The third-order valence-electron chi connectivity index (χ3n) is 4.24. The molecule has 22 heavy (non-hydrogen) atoms. The average Bonchev–Trinajstić information content (AvgIpc) is 2.55. The Morgan fingerprint density at radius 1 is 1.32 bits per heavy atom. The summed E-state index contributed by atoms with van der Waals surface area (Å²) in [6, 6.07) is 7.35. The summed E-state index contributed by atoms with van der Waals surface area (Å²) in [5.74, 6) is 0. The summed E-state index contributed by atoms with van der Waals surface area (Å²) < 4.78 is 1.71. The Balaban J connectivity index is 1.84. The van der Waals surface area contributed by atoms with Crippen LogP contribution in [0.2, 0.25) is 0 Å². The number of hydrogen-bond acceptors (Lipinski definition) is 5. The largest absolute Gasteiger partial charge is 0.328 e. The molecule has 0 spiro atoms. The number of nitrogens with two attached hydrogens (primary N) is 1. The molecule has 0 aliphatic carbocycles. The van der Waals surface area contributed by atoms with E-state index in [1.807, 2.05) is 0 Å². The molecule has 6 heteroatoms. The molecule has 2 aromatic rings. The van der Waals surface area contributed by atoms with Crippen LogP contribution in [0.3, 0.4) is 0 Å². The first kappa shape index (κ1) is 14.7. The van der Waals surface area contributed by atoms with E-state index in [0.29, 0.717) is 18.2 Å². The molecule has 3 heterocycles. The summed E-state index contributed by atoms with van der Waals surface area (Å²) in [6.45, 7) is 3.36. The molecule has 0 saturated carbocycles. The van der Waals surface area contributed by atoms with Gasteiger partial charge in [0.05, 0.1) is 16.6 Å². The van der Waals surface area contributed by atoms with Crippen LogP contribution in [-0.2, 0) is 6.54 Å². The van der Waals surface area contributed by atoms with Crippen molar-refractivity contribution in [2.24, 2.45) is 5.73 Å². The highest BCUT2D eigenvalue weighted by Crippen LogP contribution is 2.12. The van der Waals surface area contributed by atoms with Gasteiger partial charge in [0, 0.05) is 31.4 Å². The van der Waals surface area contributed by atoms with E-state index in [2.05, 4.69) is 16.0 Å². The minimum atomic E-state index is -0.0573. The van der Waals surface area contributed by atoms with Crippen LogP contribution in [-0.4, -0.2) is 40.1 Å². The van der Waals surface area contributed by atoms with Crippen LogP contribution in [0.5, 0.6) is 0 Å². The molecule has 2 aromatic heterocycles. The minimum Gasteiger partial charge on any atom is -0.328 e. The van der Waals surface area contributed by atoms with Gasteiger partial charge in [-0.25, -0.2) is 0 Å². The number of likely N-dealkylation sites (tertiary alicyclic amines) is 1. The molecular formula is C16H19N5O. The van der Waals surface area contributed by atoms with Crippen LogP contribution in [0.4, 0.5) is 0 Å². The zero-order valence-corrected chi connectivity index (χ0v) is 12.4. The van der Waals surface area contributed by atoms with Crippen molar-refractivity contribution in [3.63, 3.8) is 0 Å². The number of aromatic nitrogens is 2. The monoisotopic (exact) mass is 297 g/mol. The van der Waals surface area contributed by atoms with Crippen molar-refractivity contribution in [3.05, 3.63) is 40.3 Å². The van der Waals surface area contributed by atoms with Gasteiger partial charge in [-0.15, -0.1) is 0 Å². The van der Waals surface area contributed by atoms with Crippen molar-refractivity contribution in [2.45, 2.75) is 25.4 Å². The van der Waals surface area contributed by atoms with Gasteiger partial charge < -0.3 is 15.2 Å². The Labute approximate surface area is 128 Å². The third kappa shape index (κ3) is 3.01. The number of fused-ring (bicyclic) bond motifs is 1. The van der Waals surface area contributed by atoms with Crippen LogP contribution < -0.4 is 11.3 Å². The molecule has 6 nitrogen and oxygen atoms in total. The Bertz CT molecular complexity index is 768. The van der Waals surface area contributed by atoms with Gasteiger partial charge in [-0.2, -0.15) is 5.26 Å². The molecule has 0 amide bonds. The quantitative estimate of drug-likeness (QED) is 0.900. The predicted molar refractivity (Wildman–Crippen MR) is 84.4 cm³/mol. The second-order valence-corrected chi connectivity index (χ2v) is 5.74. The van der Waals surface area contributed by atoms with E-state index in [9.17, 15) is 4.79 Å². The topological polar surface area (TPSA) is 87.9 Å². The van der Waals surface area contributed by atoms with E-state index >= 15 is 0 Å². The lowest BCUT2D eigenvalue weighted by atomic mass is 10.1. The van der Waals surface area contributed by atoms with E-state index in [-0.39, 0.29) is 5.56 Å². The van der Waals surface area contributed by atoms with Crippen molar-refractivity contribution >= 4 is 11.0 Å². The van der Waals surface area contributed by atoms with Crippen molar-refractivity contribution in [2.75, 3.05) is 19.6 Å². The second kappa shape index (κ2) is 6.26. The fraction of sp³-hybridized carbons (Fsp3) is 0.438. The van der Waals surface area contributed by atoms with E-state index in [4.69, 9.17) is 11.0 Å². The molecule has 0 atom stereocenters. The summed E-state index contributed by atoms with van der Waals surface area (Å²) in [5.41, 5.74) is 7.78. The summed E-state index contributed by atoms with van der Waals surface area (Å²) in [6.07, 6.45) is 3.54. The highest BCUT2D eigenvalue weighted by atomic mass is 16.1. The lowest BCUT2D eigenvalue weighted by Crippen LogP contribution is -2.41. The van der Waals surface area contributed by atoms with E-state index in [1.165, 1.54) is 12.3 Å². The molecule has 1 aliphatic rings. The maximum Gasteiger partial charge on any atom is 0.251 e. The van der Waals surface area contributed by atoms with Crippen LogP contribution in [0.15, 0.2) is 29.2 Å². The molecule has 1 saturated heterocycles. The zero-order valence-electron chi connectivity index (χ0n) is 12.4. The molecule has 1 fully saturated rings. The highest BCUT2D eigenvalue weighted by molar-refractivity contribution is 5.75. The zero-order chi connectivity index (χ0) is 15.5.